The molecule has 19 heavy (non-hydrogen) atoms. The third kappa shape index (κ3) is 3.19. The van der Waals surface area contributed by atoms with E-state index in [0.717, 1.165) is 11.3 Å². The number of carboxylic acid groups (broad SMARTS) is 1. The minimum Gasteiger partial charge on any atom is -0.478 e. The standard InChI is InChI=1S/C13H13N3O3/c1-9-4-2-3-5-11(9)15-12(17)8-16-7-10(6-14-16)13(18)19/h2-7H,8H2,1H3,(H,15,17)(H,18,19). The topological polar surface area (TPSA) is 84.2 Å². The van der Waals surface area contributed by atoms with Gasteiger partial charge in [-0.05, 0) is 18.6 Å². The van der Waals surface area contributed by atoms with E-state index in [4.69, 9.17) is 5.11 Å². The van der Waals surface area contributed by atoms with Crippen molar-refractivity contribution < 1.29 is 14.7 Å². The van der Waals surface area contributed by atoms with Gasteiger partial charge in [-0.15, -0.1) is 0 Å². The number of rotatable bonds is 4. The Hall–Kier alpha value is -2.63. The van der Waals surface area contributed by atoms with Gasteiger partial charge in [-0.25, -0.2) is 4.79 Å². The predicted molar refractivity (Wildman–Crippen MR) is 69.0 cm³/mol. The first-order chi connectivity index (χ1) is 9.06. The lowest BCUT2D eigenvalue weighted by Crippen LogP contribution is -2.19. The van der Waals surface area contributed by atoms with Crippen LogP contribution in [0.4, 0.5) is 5.69 Å². The normalized spacial score (nSPS) is 10.2. The fourth-order valence-electron chi connectivity index (χ4n) is 1.61. The Morgan fingerprint density at radius 2 is 2.11 bits per heavy atom. The highest BCUT2D eigenvalue weighted by Crippen LogP contribution is 2.12. The number of aryl methyl sites for hydroxylation is 1. The van der Waals surface area contributed by atoms with Crippen LogP contribution in [0.15, 0.2) is 36.7 Å². The summed E-state index contributed by atoms with van der Waals surface area (Å²) >= 11 is 0. The maximum atomic E-state index is 11.8. The van der Waals surface area contributed by atoms with E-state index in [1.807, 2.05) is 25.1 Å². The number of carboxylic acids is 1. The SMILES string of the molecule is Cc1ccccc1NC(=O)Cn1cc(C(=O)O)cn1. The Labute approximate surface area is 109 Å². The van der Waals surface area contributed by atoms with Crippen LogP contribution >= 0.6 is 0 Å². The number of hydrogen-bond acceptors (Lipinski definition) is 3. The molecule has 0 aliphatic heterocycles. The van der Waals surface area contributed by atoms with Crippen LogP contribution in [-0.2, 0) is 11.3 Å². The molecule has 0 aliphatic carbocycles. The van der Waals surface area contributed by atoms with E-state index in [2.05, 4.69) is 10.4 Å². The lowest BCUT2D eigenvalue weighted by atomic mass is 10.2. The second kappa shape index (κ2) is 5.34. The van der Waals surface area contributed by atoms with Gasteiger partial charge in [0.05, 0.1) is 11.8 Å². The fourth-order valence-corrected chi connectivity index (χ4v) is 1.61. The Kier molecular flexibility index (Phi) is 3.61. The molecule has 0 unspecified atom stereocenters. The molecule has 6 nitrogen and oxygen atoms in total. The lowest BCUT2D eigenvalue weighted by Gasteiger charge is -2.07. The van der Waals surface area contributed by atoms with E-state index in [1.54, 1.807) is 6.07 Å². The van der Waals surface area contributed by atoms with Crippen molar-refractivity contribution in [2.45, 2.75) is 13.5 Å². The molecule has 0 saturated heterocycles. The first-order valence-corrected chi connectivity index (χ1v) is 5.67. The van der Waals surface area contributed by atoms with Crippen LogP contribution in [0.1, 0.15) is 15.9 Å². The van der Waals surface area contributed by atoms with Crippen LogP contribution < -0.4 is 5.32 Å². The van der Waals surface area contributed by atoms with E-state index >= 15 is 0 Å². The molecule has 0 saturated carbocycles. The van der Waals surface area contributed by atoms with Crippen molar-refractivity contribution in [3.63, 3.8) is 0 Å². The predicted octanol–water partition coefficient (Wildman–Crippen LogP) is 1.53. The van der Waals surface area contributed by atoms with E-state index < -0.39 is 5.97 Å². The maximum absolute atomic E-state index is 11.8. The zero-order chi connectivity index (χ0) is 13.8. The van der Waals surface area contributed by atoms with E-state index in [-0.39, 0.29) is 18.0 Å². The number of carbonyl (C=O) groups is 2. The van der Waals surface area contributed by atoms with Crippen molar-refractivity contribution in [1.82, 2.24) is 9.78 Å². The van der Waals surface area contributed by atoms with Gasteiger partial charge in [0.1, 0.15) is 6.54 Å². The molecule has 1 heterocycles. The molecule has 0 bridgehead atoms. The van der Waals surface area contributed by atoms with Crippen molar-refractivity contribution in [1.29, 1.82) is 0 Å². The number of anilines is 1. The highest BCUT2D eigenvalue weighted by molar-refractivity contribution is 5.91. The smallest absolute Gasteiger partial charge is 0.338 e. The Morgan fingerprint density at radius 1 is 1.37 bits per heavy atom. The summed E-state index contributed by atoms with van der Waals surface area (Å²) in [5.41, 5.74) is 1.75. The quantitative estimate of drug-likeness (QED) is 0.872. The molecule has 0 spiro atoms. The number of carbonyl (C=O) groups excluding carboxylic acids is 1. The largest absolute Gasteiger partial charge is 0.478 e. The van der Waals surface area contributed by atoms with Crippen LogP contribution in [-0.4, -0.2) is 26.8 Å². The molecule has 0 radical (unpaired) electrons. The zero-order valence-corrected chi connectivity index (χ0v) is 10.3. The van der Waals surface area contributed by atoms with Crippen LogP contribution in [0.5, 0.6) is 0 Å². The summed E-state index contributed by atoms with van der Waals surface area (Å²) in [6.07, 6.45) is 2.53. The van der Waals surface area contributed by atoms with Gasteiger partial charge in [0.15, 0.2) is 0 Å². The number of para-hydroxylation sites is 1. The second-order valence-electron chi connectivity index (χ2n) is 4.09. The first-order valence-electron chi connectivity index (χ1n) is 5.67. The lowest BCUT2D eigenvalue weighted by molar-refractivity contribution is -0.116. The summed E-state index contributed by atoms with van der Waals surface area (Å²) in [6, 6.07) is 7.42. The van der Waals surface area contributed by atoms with Crippen LogP contribution in [0.2, 0.25) is 0 Å². The van der Waals surface area contributed by atoms with E-state index in [1.165, 1.54) is 17.1 Å². The van der Waals surface area contributed by atoms with Gasteiger partial charge >= 0.3 is 5.97 Å². The van der Waals surface area contributed by atoms with Gasteiger partial charge in [-0.2, -0.15) is 5.10 Å². The summed E-state index contributed by atoms with van der Waals surface area (Å²) in [5, 5.41) is 15.3. The molecular weight excluding hydrogens is 246 g/mol. The Bertz CT molecular complexity index is 619. The van der Waals surface area contributed by atoms with Crippen molar-refractivity contribution in [3.8, 4) is 0 Å². The van der Waals surface area contributed by atoms with Crippen molar-refractivity contribution >= 4 is 17.6 Å². The molecule has 98 valence electrons. The highest BCUT2D eigenvalue weighted by Gasteiger charge is 2.09. The number of nitrogens with one attached hydrogen (secondary N) is 1. The Morgan fingerprint density at radius 3 is 2.74 bits per heavy atom. The molecular formula is C13H13N3O3. The van der Waals surface area contributed by atoms with Gasteiger partial charge in [-0.1, -0.05) is 18.2 Å². The molecule has 1 aromatic heterocycles. The number of nitrogens with zero attached hydrogens (tertiary/aromatic N) is 2. The number of benzene rings is 1. The number of aromatic carboxylic acids is 1. The number of amides is 1. The van der Waals surface area contributed by atoms with Crippen LogP contribution in [0, 0.1) is 6.92 Å². The molecule has 0 atom stereocenters. The Balaban J connectivity index is 2.01. The van der Waals surface area contributed by atoms with Gasteiger partial charge in [-0.3, -0.25) is 9.48 Å². The molecule has 0 aliphatic rings. The summed E-state index contributed by atoms with van der Waals surface area (Å²) < 4.78 is 1.29. The minimum atomic E-state index is -1.06. The zero-order valence-electron chi connectivity index (χ0n) is 10.3. The third-order valence-corrected chi connectivity index (χ3v) is 2.60. The number of aromatic nitrogens is 2. The average Bonchev–Trinajstić information content (AvgIpc) is 2.80. The molecule has 1 aromatic carbocycles. The van der Waals surface area contributed by atoms with Crippen molar-refractivity contribution in [2.24, 2.45) is 0 Å². The first kappa shape index (κ1) is 12.8. The molecule has 2 N–H and O–H groups in total. The minimum absolute atomic E-state index is 0.0262. The second-order valence-corrected chi connectivity index (χ2v) is 4.09. The third-order valence-electron chi connectivity index (χ3n) is 2.60. The summed E-state index contributed by atoms with van der Waals surface area (Å²) in [5.74, 6) is -1.32. The highest BCUT2D eigenvalue weighted by atomic mass is 16.4. The van der Waals surface area contributed by atoms with Crippen LogP contribution in [0.3, 0.4) is 0 Å². The fraction of sp³-hybridized carbons (Fsp3) is 0.154. The summed E-state index contributed by atoms with van der Waals surface area (Å²) in [6.45, 7) is 1.87. The molecule has 1 amide bonds. The maximum Gasteiger partial charge on any atom is 0.338 e. The van der Waals surface area contributed by atoms with Crippen LogP contribution in [0.25, 0.3) is 0 Å². The average molecular weight is 259 g/mol. The van der Waals surface area contributed by atoms with Gasteiger partial charge in [0.25, 0.3) is 0 Å². The van der Waals surface area contributed by atoms with Crippen molar-refractivity contribution in [3.05, 3.63) is 47.8 Å². The van der Waals surface area contributed by atoms with Gasteiger partial charge in [0.2, 0.25) is 5.91 Å². The number of hydrogen-bond donors (Lipinski definition) is 2. The van der Waals surface area contributed by atoms with Gasteiger partial charge in [0, 0.05) is 11.9 Å². The van der Waals surface area contributed by atoms with E-state index in [0.29, 0.717) is 0 Å². The van der Waals surface area contributed by atoms with E-state index in [9.17, 15) is 9.59 Å². The molecule has 2 rings (SSSR count). The van der Waals surface area contributed by atoms with Crippen molar-refractivity contribution in [2.75, 3.05) is 5.32 Å². The summed E-state index contributed by atoms with van der Waals surface area (Å²) in [4.78, 5) is 22.5. The van der Waals surface area contributed by atoms with Gasteiger partial charge < -0.3 is 10.4 Å². The molecule has 6 heteroatoms. The summed E-state index contributed by atoms with van der Waals surface area (Å²) in [7, 11) is 0. The molecule has 0 fully saturated rings. The monoisotopic (exact) mass is 259 g/mol. The molecule has 2 aromatic rings.